The van der Waals surface area contributed by atoms with E-state index >= 15 is 0 Å². The molecule has 0 radical (unpaired) electrons. The van der Waals surface area contributed by atoms with Crippen molar-refractivity contribution in [2.75, 3.05) is 20.6 Å². The maximum Gasteiger partial charge on any atom is 0.412 e. The molecular weight excluding hydrogens is 448 g/mol. The number of carbonyl (C=O) groups excluding carboxylic acids is 1. The average Bonchev–Trinajstić information content (AvgIpc) is 3.20. The van der Waals surface area contributed by atoms with Crippen LogP contribution in [0.2, 0.25) is 5.02 Å². The number of furan rings is 1. The van der Waals surface area contributed by atoms with Crippen LogP contribution in [0.25, 0.3) is 11.3 Å². The first-order valence-corrected chi connectivity index (χ1v) is 12.3. The first-order valence-electron chi connectivity index (χ1n) is 11.9. The Morgan fingerprint density at radius 3 is 2.41 bits per heavy atom. The van der Waals surface area contributed by atoms with Crippen molar-refractivity contribution in [2.24, 2.45) is 11.8 Å². The van der Waals surface area contributed by atoms with Crippen molar-refractivity contribution in [3.63, 3.8) is 0 Å². The monoisotopic (exact) mass is 480 g/mol. The third-order valence-corrected chi connectivity index (χ3v) is 7.03. The molecule has 4 rings (SSSR count). The highest BCUT2D eigenvalue weighted by atomic mass is 35.5. The molecule has 1 N–H and O–H groups in total. The number of benzene rings is 2. The Labute approximate surface area is 207 Å². The highest BCUT2D eigenvalue weighted by Crippen LogP contribution is 2.39. The van der Waals surface area contributed by atoms with Gasteiger partial charge in [0, 0.05) is 29.2 Å². The lowest BCUT2D eigenvalue weighted by molar-refractivity contribution is 0.146. The first-order chi connectivity index (χ1) is 16.4. The van der Waals surface area contributed by atoms with Gasteiger partial charge in [0.1, 0.15) is 11.5 Å². The van der Waals surface area contributed by atoms with E-state index in [9.17, 15) is 4.79 Å². The average molecular weight is 481 g/mol. The molecule has 1 unspecified atom stereocenters. The Morgan fingerprint density at radius 1 is 1.09 bits per heavy atom. The van der Waals surface area contributed by atoms with Crippen LogP contribution < -0.4 is 10.1 Å². The molecule has 1 heterocycles. The molecule has 1 fully saturated rings. The minimum atomic E-state index is -0.432. The van der Waals surface area contributed by atoms with Crippen molar-refractivity contribution in [2.45, 2.75) is 38.6 Å². The summed E-state index contributed by atoms with van der Waals surface area (Å²) in [5, 5.41) is 3.72. The Morgan fingerprint density at radius 2 is 1.76 bits per heavy atom. The van der Waals surface area contributed by atoms with Gasteiger partial charge in [-0.2, -0.15) is 0 Å². The number of rotatable bonds is 7. The van der Waals surface area contributed by atoms with Gasteiger partial charge in [-0.25, -0.2) is 4.79 Å². The van der Waals surface area contributed by atoms with Crippen molar-refractivity contribution >= 4 is 17.7 Å². The summed E-state index contributed by atoms with van der Waals surface area (Å²) in [6.45, 7) is 2.43. The van der Waals surface area contributed by atoms with Crippen LogP contribution in [-0.2, 0) is 0 Å². The molecule has 0 bridgehead atoms. The van der Waals surface area contributed by atoms with E-state index in [2.05, 4.69) is 36.4 Å². The Hall–Kier alpha value is -2.76. The van der Waals surface area contributed by atoms with Crippen molar-refractivity contribution in [3.05, 3.63) is 77.0 Å². The van der Waals surface area contributed by atoms with E-state index in [-0.39, 0.29) is 0 Å². The van der Waals surface area contributed by atoms with Gasteiger partial charge in [-0.3, -0.25) is 0 Å². The normalized spacial score (nSPS) is 19.1. The van der Waals surface area contributed by atoms with E-state index < -0.39 is 6.09 Å². The molecule has 34 heavy (non-hydrogen) atoms. The summed E-state index contributed by atoms with van der Waals surface area (Å²) in [5.74, 6) is 2.78. The van der Waals surface area contributed by atoms with Gasteiger partial charge in [0.2, 0.25) is 0 Å². The smallest absolute Gasteiger partial charge is 0.412 e. The maximum atomic E-state index is 12.4. The summed E-state index contributed by atoms with van der Waals surface area (Å²) >= 11 is 6.09. The van der Waals surface area contributed by atoms with E-state index in [0.29, 0.717) is 41.7 Å². The number of hydrogen-bond donors (Lipinski definition) is 1. The molecule has 0 aliphatic heterocycles. The summed E-state index contributed by atoms with van der Waals surface area (Å²) in [5.41, 5.74) is 2.26. The first kappa shape index (κ1) is 24.4. The van der Waals surface area contributed by atoms with Crippen molar-refractivity contribution < 1.29 is 13.9 Å². The second-order valence-corrected chi connectivity index (χ2v) is 9.84. The number of nitrogens with one attached hydrogen (secondary N) is 1. The van der Waals surface area contributed by atoms with E-state index in [4.69, 9.17) is 20.8 Å². The summed E-state index contributed by atoms with van der Waals surface area (Å²) in [4.78, 5) is 14.7. The molecule has 0 spiro atoms. The van der Waals surface area contributed by atoms with Gasteiger partial charge in [0.15, 0.2) is 5.75 Å². The van der Waals surface area contributed by atoms with Crippen LogP contribution in [-0.4, -0.2) is 31.6 Å². The van der Waals surface area contributed by atoms with Crippen LogP contribution in [0.4, 0.5) is 4.79 Å². The largest absolute Gasteiger partial charge is 0.457 e. The highest BCUT2D eigenvalue weighted by molar-refractivity contribution is 6.30. The van der Waals surface area contributed by atoms with Crippen molar-refractivity contribution in [1.29, 1.82) is 0 Å². The fourth-order valence-corrected chi connectivity index (χ4v) is 5.16. The molecule has 3 aromatic rings. The lowest BCUT2D eigenvalue weighted by Gasteiger charge is -2.37. The number of carbonyl (C=O) groups is 1. The Bertz CT molecular complexity index is 1070. The number of nitrogens with zero attached hydrogens (tertiary/aromatic N) is 1. The van der Waals surface area contributed by atoms with Crippen LogP contribution in [0.5, 0.6) is 5.75 Å². The second-order valence-electron chi connectivity index (χ2n) is 9.41. The number of hydrogen-bond acceptors (Lipinski definition) is 4. The molecule has 1 saturated carbocycles. The second kappa shape index (κ2) is 11.1. The van der Waals surface area contributed by atoms with Crippen LogP contribution in [0.15, 0.2) is 65.1 Å². The van der Waals surface area contributed by atoms with E-state index in [1.54, 1.807) is 13.0 Å². The molecule has 180 valence electrons. The molecule has 0 saturated heterocycles. The lowest BCUT2D eigenvalue weighted by atomic mass is 9.76. The summed E-state index contributed by atoms with van der Waals surface area (Å²) < 4.78 is 11.3. The van der Waals surface area contributed by atoms with Gasteiger partial charge in [0.05, 0.1) is 0 Å². The van der Waals surface area contributed by atoms with E-state index in [1.165, 1.54) is 5.56 Å². The molecule has 2 aromatic carbocycles. The molecular formula is C28H33ClN2O3. The molecule has 1 amide bonds. The van der Waals surface area contributed by atoms with Crippen molar-refractivity contribution in [3.8, 4) is 17.1 Å². The third-order valence-electron chi connectivity index (χ3n) is 6.77. The van der Waals surface area contributed by atoms with E-state index in [0.717, 1.165) is 36.3 Å². The van der Waals surface area contributed by atoms with E-state index in [1.807, 2.05) is 42.5 Å². The van der Waals surface area contributed by atoms with Crippen LogP contribution in [0.3, 0.4) is 0 Å². The molecule has 1 aliphatic carbocycles. The summed E-state index contributed by atoms with van der Waals surface area (Å²) in [6, 6.07) is 20.1. The maximum absolute atomic E-state index is 12.4. The van der Waals surface area contributed by atoms with Gasteiger partial charge in [-0.1, -0.05) is 54.1 Å². The Kier molecular flexibility index (Phi) is 7.96. The molecule has 1 atom stereocenters. The predicted octanol–water partition coefficient (Wildman–Crippen LogP) is 7.11. The molecule has 6 heteroatoms. The minimum absolute atomic E-state index is 0.374. The Balaban J connectivity index is 1.27. The number of halogens is 1. The van der Waals surface area contributed by atoms with Gasteiger partial charge < -0.3 is 19.4 Å². The molecule has 5 nitrogen and oxygen atoms in total. The zero-order valence-electron chi connectivity index (χ0n) is 20.1. The fourth-order valence-electron chi connectivity index (χ4n) is 5.04. The number of aryl methyl sites for hydroxylation is 1. The number of ether oxygens (including phenoxy) is 1. The zero-order chi connectivity index (χ0) is 24.1. The van der Waals surface area contributed by atoms with Gasteiger partial charge in [0.25, 0.3) is 0 Å². The summed E-state index contributed by atoms with van der Waals surface area (Å²) in [7, 11) is 4.29. The fraction of sp³-hybridized carbons (Fsp3) is 0.393. The minimum Gasteiger partial charge on any atom is -0.457 e. The quantitative estimate of drug-likeness (QED) is 0.391. The zero-order valence-corrected chi connectivity index (χ0v) is 20.8. The SMILES string of the molecule is Cc1oc(-c2ccccc2)cc1OC(=O)NCC1CCC(C(c2ccc(Cl)cc2)N(C)C)CC1. The lowest BCUT2D eigenvalue weighted by Crippen LogP contribution is -2.35. The van der Waals surface area contributed by atoms with Gasteiger partial charge >= 0.3 is 6.09 Å². The standard InChI is InChI=1S/C28H33ClN2O3/c1-19-25(17-26(33-19)21-7-5-4-6-8-21)34-28(32)30-18-20-9-11-22(12-10-20)27(31(2)3)23-13-15-24(29)16-14-23/h4-8,13-17,20,22,27H,9-12,18H2,1-3H3,(H,30,32). The van der Waals surface area contributed by atoms with Crippen LogP contribution in [0, 0.1) is 18.8 Å². The predicted molar refractivity (Wildman–Crippen MR) is 136 cm³/mol. The summed E-state index contributed by atoms with van der Waals surface area (Å²) in [6.07, 6.45) is 4.01. The third kappa shape index (κ3) is 6.02. The van der Waals surface area contributed by atoms with Gasteiger partial charge in [-0.05, 0) is 76.2 Å². The molecule has 1 aliphatic rings. The van der Waals surface area contributed by atoms with Crippen LogP contribution >= 0.6 is 11.6 Å². The van der Waals surface area contributed by atoms with Gasteiger partial charge in [-0.15, -0.1) is 0 Å². The topological polar surface area (TPSA) is 54.7 Å². The van der Waals surface area contributed by atoms with Crippen LogP contribution in [0.1, 0.15) is 43.0 Å². The highest BCUT2D eigenvalue weighted by Gasteiger charge is 2.30. The molecule has 1 aromatic heterocycles. The van der Waals surface area contributed by atoms with Crippen molar-refractivity contribution in [1.82, 2.24) is 10.2 Å². The number of amides is 1.